The highest BCUT2D eigenvalue weighted by Gasteiger charge is 2.15. The smallest absolute Gasteiger partial charge is 0.137 e. The van der Waals surface area contributed by atoms with Crippen LogP contribution in [-0.2, 0) is 6.42 Å². The molecule has 1 aliphatic heterocycles. The Labute approximate surface area is 124 Å². The fourth-order valence-electron chi connectivity index (χ4n) is 2.67. The number of rotatable bonds is 4. The van der Waals surface area contributed by atoms with Gasteiger partial charge in [-0.3, -0.25) is 0 Å². The molecule has 0 unspecified atom stereocenters. The first-order valence-electron chi connectivity index (χ1n) is 7.05. The molecule has 1 heterocycles. The van der Waals surface area contributed by atoms with Gasteiger partial charge in [0.2, 0.25) is 0 Å². The first-order valence-corrected chi connectivity index (χ1v) is 7.42. The van der Waals surface area contributed by atoms with Gasteiger partial charge in [-0.1, -0.05) is 41.9 Å². The number of halogens is 1. The molecule has 0 saturated carbocycles. The fourth-order valence-corrected chi connectivity index (χ4v) is 2.86. The van der Waals surface area contributed by atoms with Gasteiger partial charge < -0.3 is 9.64 Å². The molecular formula is C17H18ClNO. The standard InChI is InChI=1S/C17H18ClNO/c18-15-8-2-4-10-17(15)20-13-12-19-11-5-7-14-6-1-3-9-16(14)19/h1-4,6,8-10H,5,7,11-13H2. The Morgan fingerprint density at radius 2 is 1.85 bits per heavy atom. The molecule has 0 N–H and O–H groups in total. The van der Waals surface area contributed by atoms with Crippen LogP contribution in [0, 0.1) is 0 Å². The molecule has 0 atom stereocenters. The molecule has 0 bridgehead atoms. The van der Waals surface area contributed by atoms with Gasteiger partial charge in [-0.15, -0.1) is 0 Å². The number of fused-ring (bicyclic) bond motifs is 1. The molecule has 2 nitrogen and oxygen atoms in total. The SMILES string of the molecule is Clc1ccccc1OCCN1CCCc2ccccc21. The van der Waals surface area contributed by atoms with Crippen molar-refractivity contribution in [2.45, 2.75) is 12.8 Å². The van der Waals surface area contributed by atoms with Crippen molar-refractivity contribution < 1.29 is 4.74 Å². The Morgan fingerprint density at radius 1 is 1.05 bits per heavy atom. The Hall–Kier alpha value is -1.67. The summed E-state index contributed by atoms with van der Waals surface area (Å²) in [6.07, 6.45) is 2.39. The Morgan fingerprint density at radius 3 is 2.75 bits per heavy atom. The Balaban J connectivity index is 1.61. The van der Waals surface area contributed by atoms with Crippen molar-refractivity contribution in [2.24, 2.45) is 0 Å². The number of para-hydroxylation sites is 2. The van der Waals surface area contributed by atoms with Crippen molar-refractivity contribution in [3.8, 4) is 5.75 Å². The van der Waals surface area contributed by atoms with Crippen molar-refractivity contribution in [2.75, 3.05) is 24.6 Å². The monoisotopic (exact) mass is 287 g/mol. The highest BCUT2D eigenvalue weighted by atomic mass is 35.5. The molecule has 0 amide bonds. The molecule has 2 aromatic rings. The number of hydrogen-bond acceptors (Lipinski definition) is 2. The highest BCUT2D eigenvalue weighted by Crippen LogP contribution is 2.27. The van der Waals surface area contributed by atoms with Gasteiger partial charge in [0, 0.05) is 12.2 Å². The topological polar surface area (TPSA) is 12.5 Å². The molecule has 20 heavy (non-hydrogen) atoms. The number of nitrogens with zero attached hydrogens (tertiary/aromatic N) is 1. The average molecular weight is 288 g/mol. The summed E-state index contributed by atoms with van der Waals surface area (Å²) in [4.78, 5) is 2.40. The zero-order valence-electron chi connectivity index (χ0n) is 11.4. The van der Waals surface area contributed by atoms with E-state index in [1.54, 1.807) is 0 Å². The van der Waals surface area contributed by atoms with Crippen molar-refractivity contribution >= 4 is 17.3 Å². The van der Waals surface area contributed by atoms with Crippen LogP contribution >= 0.6 is 11.6 Å². The molecule has 3 rings (SSSR count). The summed E-state index contributed by atoms with van der Waals surface area (Å²) in [6, 6.07) is 16.3. The molecule has 0 aliphatic carbocycles. The summed E-state index contributed by atoms with van der Waals surface area (Å²) in [7, 11) is 0. The van der Waals surface area contributed by atoms with E-state index in [9.17, 15) is 0 Å². The molecule has 0 radical (unpaired) electrons. The molecule has 2 aromatic carbocycles. The van der Waals surface area contributed by atoms with Gasteiger partial charge in [-0.05, 0) is 36.6 Å². The van der Waals surface area contributed by atoms with E-state index >= 15 is 0 Å². The van der Waals surface area contributed by atoms with E-state index in [4.69, 9.17) is 16.3 Å². The number of hydrogen-bond donors (Lipinski definition) is 0. The largest absolute Gasteiger partial charge is 0.490 e. The van der Waals surface area contributed by atoms with E-state index in [0.29, 0.717) is 11.6 Å². The third kappa shape index (κ3) is 2.91. The van der Waals surface area contributed by atoms with E-state index in [1.807, 2.05) is 24.3 Å². The first-order chi connectivity index (χ1) is 9.84. The maximum absolute atomic E-state index is 6.09. The van der Waals surface area contributed by atoms with Crippen molar-refractivity contribution in [1.29, 1.82) is 0 Å². The lowest BCUT2D eigenvalue weighted by Gasteiger charge is -2.31. The average Bonchev–Trinajstić information content (AvgIpc) is 2.49. The van der Waals surface area contributed by atoms with Crippen molar-refractivity contribution in [3.63, 3.8) is 0 Å². The fraction of sp³-hybridized carbons (Fsp3) is 0.294. The summed E-state index contributed by atoms with van der Waals surface area (Å²) >= 11 is 6.09. The molecule has 0 spiro atoms. The summed E-state index contributed by atoms with van der Waals surface area (Å²) in [5, 5.41) is 0.673. The summed E-state index contributed by atoms with van der Waals surface area (Å²) < 4.78 is 5.78. The van der Waals surface area contributed by atoms with Crippen LogP contribution in [0.5, 0.6) is 5.75 Å². The molecule has 0 saturated heterocycles. The van der Waals surface area contributed by atoms with Gasteiger partial charge in [0.25, 0.3) is 0 Å². The zero-order chi connectivity index (χ0) is 13.8. The number of ether oxygens (including phenoxy) is 1. The number of benzene rings is 2. The summed E-state index contributed by atoms with van der Waals surface area (Å²) in [5.74, 6) is 0.763. The molecule has 0 aromatic heterocycles. The van der Waals surface area contributed by atoms with Crippen LogP contribution in [0.2, 0.25) is 5.02 Å². The summed E-state index contributed by atoms with van der Waals surface area (Å²) in [5.41, 5.74) is 2.79. The second-order valence-electron chi connectivity index (χ2n) is 5.00. The van der Waals surface area contributed by atoms with Gasteiger partial charge >= 0.3 is 0 Å². The lowest BCUT2D eigenvalue weighted by Crippen LogP contribution is -2.33. The maximum Gasteiger partial charge on any atom is 0.137 e. The Kier molecular flexibility index (Phi) is 4.12. The lowest BCUT2D eigenvalue weighted by molar-refractivity contribution is 0.323. The van der Waals surface area contributed by atoms with Gasteiger partial charge in [-0.2, -0.15) is 0 Å². The van der Waals surface area contributed by atoms with Gasteiger partial charge in [0.05, 0.1) is 11.6 Å². The molecular weight excluding hydrogens is 270 g/mol. The van der Waals surface area contributed by atoms with Crippen LogP contribution in [-0.4, -0.2) is 19.7 Å². The lowest BCUT2D eigenvalue weighted by atomic mass is 10.0. The van der Waals surface area contributed by atoms with E-state index < -0.39 is 0 Å². The third-order valence-electron chi connectivity index (χ3n) is 3.66. The zero-order valence-corrected chi connectivity index (χ0v) is 12.1. The molecule has 3 heteroatoms. The van der Waals surface area contributed by atoms with Crippen LogP contribution in [0.4, 0.5) is 5.69 Å². The maximum atomic E-state index is 6.09. The third-order valence-corrected chi connectivity index (χ3v) is 3.97. The normalized spacial score (nSPS) is 13.9. The molecule has 1 aliphatic rings. The number of aryl methyl sites for hydroxylation is 1. The van der Waals surface area contributed by atoms with Gasteiger partial charge in [0.15, 0.2) is 0 Å². The summed E-state index contributed by atoms with van der Waals surface area (Å²) in [6.45, 7) is 2.64. The minimum Gasteiger partial charge on any atom is -0.490 e. The van der Waals surface area contributed by atoms with Crippen molar-refractivity contribution in [3.05, 3.63) is 59.1 Å². The predicted molar refractivity (Wildman–Crippen MR) is 83.9 cm³/mol. The second kappa shape index (κ2) is 6.19. The van der Waals surface area contributed by atoms with Crippen LogP contribution in [0.15, 0.2) is 48.5 Å². The van der Waals surface area contributed by atoms with Crippen LogP contribution in [0.1, 0.15) is 12.0 Å². The first kappa shape index (κ1) is 13.3. The number of anilines is 1. The second-order valence-corrected chi connectivity index (χ2v) is 5.41. The minimum absolute atomic E-state index is 0.651. The highest BCUT2D eigenvalue weighted by molar-refractivity contribution is 6.32. The predicted octanol–water partition coefficient (Wildman–Crippen LogP) is 4.17. The Bertz CT molecular complexity index is 585. The quantitative estimate of drug-likeness (QED) is 0.837. The van der Waals surface area contributed by atoms with Crippen LogP contribution in [0.25, 0.3) is 0 Å². The van der Waals surface area contributed by atoms with Gasteiger partial charge in [0.1, 0.15) is 12.4 Å². The van der Waals surface area contributed by atoms with Crippen LogP contribution < -0.4 is 9.64 Å². The molecule has 0 fully saturated rings. The van der Waals surface area contributed by atoms with Gasteiger partial charge in [-0.25, -0.2) is 0 Å². The van der Waals surface area contributed by atoms with E-state index in [1.165, 1.54) is 24.1 Å². The van der Waals surface area contributed by atoms with Crippen molar-refractivity contribution in [1.82, 2.24) is 0 Å². The van der Waals surface area contributed by atoms with E-state index in [-0.39, 0.29) is 0 Å². The van der Waals surface area contributed by atoms with E-state index in [0.717, 1.165) is 18.8 Å². The van der Waals surface area contributed by atoms with E-state index in [2.05, 4.69) is 29.2 Å². The minimum atomic E-state index is 0.651. The molecule has 104 valence electrons. The van der Waals surface area contributed by atoms with Crippen LogP contribution in [0.3, 0.4) is 0 Å².